The molecule has 0 spiro atoms. The van der Waals surface area contributed by atoms with E-state index in [-0.39, 0.29) is 5.56 Å². The van der Waals surface area contributed by atoms with Crippen LogP contribution in [-0.2, 0) is 6.18 Å². The average molecular weight is 307 g/mol. The summed E-state index contributed by atoms with van der Waals surface area (Å²) in [6, 6.07) is 6.33. The first-order valence-corrected chi connectivity index (χ1v) is 5.56. The van der Waals surface area contributed by atoms with Crippen LogP contribution in [0.2, 0.25) is 0 Å². The zero-order chi connectivity index (χ0) is 15.7. The molecule has 112 valence electrons. The molecule has 0 aliphatic carbocycles. The second kappa shape index (κ2) is 5.27. The molecule has 0 aliphatic heterocycles. The van der Waals surface area contributed by atoms with E-state index in [1.807, 2.05) is 0 Å². The van der Waals surface area contributed by atoms with E-state index < -0.39 is 29.5 Å². The molecule has 0 saturated carbocycles. The van der Waals surface area contributed by atoms with Gasteiger partial charge in [-0.1, -0.05) is 12.1 Å². The van der Waals surface area contributed by atoms with Gasteiger partial charge in [0.15, 0.2) is 0 Å². The molecule has 8 heteroatoms. The zero-order valence-corrected chi connectivity index (χ0v) is 10.2. The van der Waals surface area contributed by atoms with Crippen molar-refractivity contribution < 1.29 is 31.1 Å². The maximum atomic E-state index is 12.9. The monoisotopic (exact) mass is 307 g/mol. The van der Waals surface area contributed by atoms with Gasteiger partial charge in [-0.25, -0.2) is 0 Å². The summed E-state index contributed by atoms with van der Waals surface area (Å²) in [4.78, 5) is 3.54. The molecule has 0 atom stereocenters. The summed E-state index contributed by atoms with van der Waals surface area (Å²) in [5.74, 6) is -0.741. The Balaban J connectivity index is 2.58. The quantitative estimate of drug-likeness (QED) is 0.752. The Morgan fingerprint density at radius 1 is 0.857 bits per heavy atom. The Bertz CT molecular complexity index is 635. The fraction of sp³-hybridized carbons (Fsp3) is 0.154. The number of hydrogen-bond acceptors (Lipinski definition) is 2. The molecule has 0 radical (unpaired) electrons. The van der Waals surface area contributed by atoms with Crippen LogP contribution >= 0.6 is 0 Å². The summed E-state index contributed by atoms with van der Waals surface area (Å²) < 4.78 is 79.4. The van der Waals surface area contributed by atoms with Crippen LogP contribution in [0.5, 0.6) is 5.75 Å². The van der Waals surface area contributed by atoms with E-state index in [0.717, 1.165) is 30.5 Å². The summed E-state index contributed by atoms with van der Waals surface area (Å²) in [5, 5.41) is 0. The number of alkyl halides is 6. The van der Waals surface area contributed by atoms with E-state index in [1.165, 1.54) is 12.1 Å². The van der Waals surface area contributed by atoms with Crippen LogP contribution in [0.1, 0.15) is 5.56 Å². The molecule has 1 aromatic carbocycles. The Kier molecular flexibility index (Phi) is 3.80. The van der Waals surface area contributed by atoms with E-state index in [2.05, 4.69) is 9.72 Å². The fourth-order valence-electron chi connectivity index (χ4n) is 1.72. The number of pyridine rings is 1. The lowest BCUT2D eigenvalue weighted by Gasteiger charge is -2.16. The lowest BCUT2D eigenvalue weighted by Crippen LogP contribution is -2.18. The lowest BCUT2D eigenvalue weighted by atomic mass is 10.0. The van der Waals surface area contributed by atoms with Gasteiger partial charge in [-0.2, -0.15) is 13.2 Å². The van der Waals surface area contributed by atoms with Crippen molar-refractivity contribution in [2.75, 3.05) is 0 Å². The lowest BCUT2D eigenvalue weighted by molar-refractivity contribution is -0.274. The normalized spacial score (nSPS) is 12.3. The van der Waals surface area contributed by atoms with Crippen molar-refractivity contribution in [1.29, 1.82) is 0 Å². The van der Waals surface area contributed by atoms with Gasteiger partial charge in [0, 0.05) is 11.8 Å². The molecule has 21 heavy (non-hydrogen) atoms. The van der Waals surface area contributed by atoms with Crippen LogP contribution in [0.3, 0.4) is 0 Å². The minimum atomic E-state index is -5.01. The molecule has 2 rings (SSSR count). The van der Waals surface area contributed by atoms with Gasteiger partial charge in [0.2, 0.25) is 0 Å². The number of ether oxygens (including phenoxy) is 1. The molecular weight excluding hydrogens is 300 g/mol. The molecule has 1 aromatic heterocycles. The molecule has 2 nitrogen and oxygen atoms in total. The Morgan fingerprint density at radius 2 is 1.52 bits per heavy atom. The highest BCUT2D eigenvalue weighted by Gasteiger charge is 2.36. The van der Waals surface area contributed by atoms with Gasteiger partial charge < -0.3 is 4.74 Å². The molecule has 0 unspecified atom stereocenters. The summed E-state index contributed by atoms with van der Waals surface area (Å²) in [7, 11) is 0. The second-order valence-electron chi connectivity index (χ2n) is 3.94. The predicted octanol–water partition coefficient (Wildman–Crippen LogP) is 4.67. The van der Waals surface area contributed by atoms with Gasteiger partial charge in [0.1, 0.15) is 5.75 Å². The molecule has 0 aliphatic rings. The molecular formula is C13H7F6NO. The first-order chi connectivity index (χ1) is 9.68. The third-order valence-electron chi connectivity index (χ3n) is 2.48. The third-order valence-corrected chi connectivity index (χ3v) is 2.48. The third kappa shape index (κ3) is 3.65. The largest absolute Gasteiger partial charge is 0.573 e. The molecule has 0 bridgehead atoms. The number of para-hydroxylation sites is 1. The summed E-state index contributed by atoms with van der Waals surface area (Å²) in [5.41, 5.74) is -2.14. The predicted molar refractivity (Wildman–Crippen MR) is 61.4 cm³/mol. The molecule has 1 heterocycles. The van der Waals surface area contributed by atoms with Crippen molar-refractivity contribution in [3.05, 3.63) is 48.2 Å². The smallest absolute Gasteiger partial charge is 0.405 e. The molecule has 0 fully saturated rings. The van der Waals surface area contributed by atoms with E-state index in [9.17, 15) is 26.3 Å². The summed E-state index contributed by atoms with van der Waals surface area (Å²) >= 11 is 0. The van der Waals surface area contributed by atoms with Crippen LogP contribution in [0.4, 0.5) is 26.3 Å². The van der Waals surface area contributed by atoms with Crippen LogP contribution in [0.15, 0.2) is 42.6 Å². The van der Waals surface area contributed by atoms with E-state index in [4.69, 9.17) is 0 Å². The van der Waals surface area contributed by atoms with Crippen LogP contribution in [-0.4, -0.2) is 11.3 Å². The fourth-order valence-corrected chi connectivity index (χ4v) is 1.72. The van der Waals surface area contributed by atoms with Crippen LogP contribution in [0, 0.1) is 0 Å². The highest BCUT2D eigenvalue weighted by atomic mass is 19.4. The number of rotatable bonds is 2. The minimum Gasteiger partial charge on any atom is -0.405 e. The first-order valence-electron chi connectivity index (χ1n) is 5.56. The Hall–Kier alpha value is -2.25. The standard InChI is InChI=1S/C13H7F6NO/c14-12(15,16)9-5-3-7-20-11(9)8-4-1-2-6-10(8)21-13(17,18)19/h1-7H. The van der Waals surface area contributed by atoms with Gasteiger partial charge in [0.05, 0.1) is 11.3 Å². The van der Waals surface area contributed by atoms with Crippen molar-refractivity contribution in [2.24, 2.45) is 0 Å². The summed E-state index contributed by atoms with van der Waals surface area (Å²) in [6.45, 7) is 0. The number of nitrogens with zero attached hydrogens (tertiary/aromatic N) is 1. The Labute approximate surface area is 115 Å². The molecule has 0 N–H and O–H groups in total. The summed E-state index contributed by atoms with van der Waals surface area (Å²) in [6.07, 6.45) is -8.69. The van der Waals surface area contributed by atoms with Crippen LogP contribution in [0.25, 0.3) is 11.3 Å². The molecule has 0 saturated heterocycles. The van der Waals surface area contributed by atoms with Gasteiger partial charge in [-0.15, -0.1) is 13.2 Å². The maximum absolute atomic E-state index is 12.9. The van der Waals surface area contributed by atoms with E-state index in [1.54, 1.807) is 0 Å². The highest BCUT2D eigenvalue weighted by Crippen LogP contribution is 2.40. The SMILES string of the molecule is FC(F)(F)Oc1ccccc1-c1ncccc1C(F)(F)F. The number of aromatic nitrogens is 1. The molecule has 2 aromatic rings. The minimum absolute atomic E-state index is 0.386. The van der Waals surface area contributed by atoms with Gasteiger partial charge in [-0.3, -0.25) is 4.98 Å². The Morgan fingerprint density at radius 3 is 2.14 bits per heavy atom. The van der Waals surface area contributed by atoms with Gasteiger partial charge in [0.25, 0.3) is 0 Å². The number of benzene rings is 1. The first kappa shape index (κ1) is 15.1. The van der Waals surface area contributed by atoms with Gasteiger partial charge >= 0.3 is 12.5 Å². The zero-order valence-electron chi connectivity index (χ0n) is 10.2. The van der Waals surface area contributed by atoms with Crippen molar-refractivity contribution in [3.63, 3.8) is 0 Å². The van der Waals surface area contributed by atoms with Gasteiger partial charge in [-0.05, 0) is 24.3 Å². The topological polar surface area (TPSA) is 22.1 Å². The maximum Gasteiger partial charge on any atom is 0.573 e. The van der Waals surface area contributed by atoms with Crippen LogP contribution < -0.4 is 4.74 Å². The van der Waals surface area contributed by atoms with Crippen molar-refractivity contribution >= 4 is 0 Å². The molecule has 0 amide bonds. The number of hydrogen-bond donors (Lipinski definition) is 0. The van der Waals surface area contributed by atoms with E-state index >= 15 is 0 Å². The van der Waals surface area contributed by atoms with Crippen molar-refractivity contribution in [2.45, 2.75) is 12.5 Å². The van der Waals surface area contributed by atoms with Crippen molar-refractivity contribution in [3.8, 4) is 17.0 Å². The highest BCUT2D eigenvalue weighted by molar-refractivity contribution is 5.70. The average Bonchev–Trinajstić information content (AvgIpc) is 2.36. The second-order valence-corrected chi connectivity index (χ2v) is 3.94. The van der Waals surface area contributed by atoms with E-state index in [0.29, 0.717) is 0 Å². The van der Waals surface area contributed by atoms with Crippen molar-refractivity contribution in [1.82, 2.24) is 4.98 Å². The number of halogens is 6.